The van der Waals surface area contributed by atoms with Gasteiger partial charge in [0.05, 0.1) is 11.2 Å². The largest absolute Gasteiger partial charge is 0.390 e. The summed E-state index contributed by atoms with van der Waals surface area (Å²) in [7, 11) is 0. The summed E-state index contributed by atoms with van der Waals surface area (Å²) < 4.78 is 0. The highest BCUT2D eigenvalue weighted by molar-refractivity contribution is 5.16. The van der Waals surface area contributed by atoms with Crippen LogP contribution in [0.3, 0.4) is 0 Å². The molecule has 0 aliphatic heterocycles. The van der Waals surface area contributed by atoms with Crippen LogP contribution in [0.4, 0.5) is 0 Å². The molecule has 3 unspecified atom stereocenters. The number of hydrogen-bond donors (Lipinski definition) is 2. The van der Waals surface area contributed by atoms with Crippen molar-refractivity contribution in [1.82, 2.24) is 0 Å². The van der Waals surface area contributed by atoms with Gasteiger partial charge in [0.15, 0.2) is 0 Å². The van der Waals surface area contributed by atoms with Gasteiger partial charge >= 0.3 is 0 Å². The number of aliphatic hydroxyl groups is 2. The molecular formula is C23H42O2. The van der Waals surface area contributed by atoms with Crippen LogP contribution in [-0.4, -0.2) is 21.4 Å². The zero-order chi connectivity index (χ0) is 18.7. The van der Waals surface area contributed by atoms with Gasteiger partial charge in [0.25, 0.3) is 0 Å². The smallest absolute Gasteiger partial charge is 0.0726 e. The van der Waals surface area contributed by atoms with E-state index in [1.807, 2.05) is 6.92 Å². The van der Waals surface area contributed by atoms with E-state index < -0.39 is 5.60 Å². The van der Waals surface area contributed by atoms with E-state index >= 15 is 0 Å². The molecule has 6 atom stereocenters. The van der Waals surface area contributed by atoms with Crippen LogP contribution in [0.2, 0.25) is 0 Å². The Morgan fingerprint density at radius 1 is 0.760 bits per heavy atom. The molecule has 4 saturated carbocycles. The van der Waals surface area contributed by atoms with E-state index in [9.17, 15) is 10.2 Å². The van der Waals surface area contributed by atoms with Crippen LogP contribution in [0.25, 0.3) is 0 Å². The van der Waals surface area contributed by atoms with Gasteiger partial charge in [0.2, 0.25) is 0 Å². The Bertz CT molecular complexity index is 506. The Kier molecular flexibility index (Phi) is 4.69. The van der Waals surface area contributed by atoms with Crippen molar-refractivity contribution in [2.24, 2.45) is 28.1 Å². The van der Waals surface area contributed by atoms with Crippen LogP contribution < -0.4 is 0 Å². The molecule has 2 nitrogen and oxygen atoms in total. The van der Waals surface area contributed by atoms with Gasteiger partial charge in [-0.15, -0.1) is 0 Å². The lowest BCUT2D eigenvalue weighted by atomic mass is 9.54. The van der Waals surface area contributed by atoms with E-state index in [-0.39, 0.29) is 16.4 Å². The van der Waals surface area contributed by atoms with Crippen LogP contribution in [0, 0.1) is 28.1 Å². The molecule has 4 rings (SSSR count). The first-order chi connectivity index (χ1) is 11.4. The molecule has 2 bridgehead atoms. The van der Waals surface area contributed by atoms with E-state index in [2.05, 4.69) is 34.6 Å². The molecule has 0 heterocycles. The lowest BCUT2D eigenvalue weighted by molar-refractivity contribution is -0.164. The van der Waals surface area contributed by atoms with Gasteiger partial charge in [-0.05, 0) is 74.5 Å². The van der Waals surface area contributed by atoms with Crippen LogP contribution >= 0.6 is 0 Å². The average Bonchev–Trinajstić information content (AvgIpc) is 2.81. The highest BCUT2D eigenvalue weighted by atomic mass is 16.3. The first kappa shape index (κ1) is 19.7. The Morgan fingerprint density at radius 3 is 1.80 bits per heavy atom. The third-order valence-electron chi connectivity index (χ3n) is 10.0. The summed E-state index contributed by atoms with van der Waals surface area (Å²) in [6.07, 6.45) is 12.2. The number of rotatable bonds is 0. The number of fused-ring (bicyclic) bond motifs is 3. The Labute approximate surface area is 155 Å². The molecule has 0 aromatic heterocycles. The molecule has 146 valence electrons. The molecule has 0 aromatic carbocycles. The molecule has 0 saturated heterocycles. The van der Waals surface area contributed by atoms with E-state index in [1.54, 1.807) is 0 Å². The second kappa shape index (κ2) is 5.96. The fourth-order valence-corrected chi connectivity index (χ4v) is 7.27. The van der Waals surface area contributed by atoms with Gasteiger partial charge < -0.3 is 10.2 Å². The predicted molar refractivity (Wildman–Crippen MR) is 104 cm³/mol. The minimum absolute atomic E-state index is 0.157. The van der Waals surface area contributed by atoms with Crippen LogP contribution in [0.1, 0.15) is 106 Å². The van der Waals surface area contributed by atoms with Crippen molar-refractivity contribution in [1.29, 1.82) is 0 Å². The molecule has 25 heavy (non-hydrogen) atoms. The van der Waals surface area contributed by atoms with Gasteiger partial charge in [0.1, 0.15) is 0 Å². The first-order valence-electron chi connectivity index (χ1n) is 10.8. The minimum atomic E-state index is -0.417. The summed E-state index contributed by atoms with van der Waals surface area (Å²) in [6, 6.07) is 0. The summed E-state index contributed by atoms with van der Waals surface area (Å²) in [5.74, 6) is 1.27. The normalized spacial score (nSPS) is 53.8. The lowest BCUT2D eigenvalue weighted by Crippen LogP contribution is -2.55. The summed E-state index contributed by atoms with van der Waals surface area (Å²) >= 11 is 0. The quantitative estimate of drug-likeness (QED) is 0.588. The van der Waals surface area contributed by atoms with E-state index in [1.165, 1.54) is 51.4 Å². The lowest BCUT2D eigenvalue weighted by Gasteiger charge is -2.55. The predicted octanol–water partition coefficient (Wildman–Crippen LogP) is 5.70. The van der Waals surface area contributed by atoms with Crippen molar-refractivity contribution in [3.63, 3.8) is 0 Å². The van der Waals surface area contributed by atoms with Crippen molar-refractivity contribution in [2.45, 2.75) is 117 Å². The van der Waals surface area contributed by atoms with Gasteiger partial charge in [-0.2, -0.15) is 0 Å². The molecular weight excluding hydrogens is 308 g/mol. The molecule has 2 N–H and O–H groups in total. The van der Waals surface area contributed by atoms with E-state index in [4.69, 9.17) is 0 Å². The average molecular weight is 351 g/mol. The van der Waals surface area contributed by atoms with Crippen LogP contribution in [0.15, 0.2) is 0 Å². The monoisotopic (exact) mass is 350 g/mol. The van der Waals surface area contributed by atoms with Gasteiger partial charge in [-0.3, -0.25) is 0 Å². The Hall–Kier alpha value is -0.0800. The Balaban J connectivity index is 0.000000146. The van der Waals surface area contributed by atoms with Gasteiger partial charge in [0, 0.05) is 5.41 Å². The summed E-state index contributed by atoms with van der Waals surface area (Å²) in [5.41, 5.74) is -0.00694. The maximum absolute atomic E-state index is 10.7. The third-order valence-corrected chi connectivity index (χ3v) is 10.0. The van der Waals surface area contributed by atoms with Gasteiger partial charge in [-0.25, -0.2) is 0 Å². The van der Waals surface area contributed by atoms with Crippen LogP contribution in [-0.2, 0) is 0 Å². The maximum Gasteiger partial charge on any atom is 0.0726 e. The van der Waals surface area contributed by atoms with Crippen LogP contribution in [0.5, 0.6) is 0 Å². The van der Waals surface area contributed by atoms with E-state index in [0.717, 1.165) is 18.8 Å². The zero-order valence-corrected chi connectivity index (χ0v) is 17.6. The molecule has 0 amide bonds. The first-order valence-corrected chi connectivity index (χ1v) is 10.8. The second-order valence-electron chi connectivity index (χ2n) is 11.3. The fourth-order valence-electron chi connectivity index (χ4n) is 7.27. The maximum atomic E-state index is 10.7. The van der Waals surface area contributed by atoms with Gasteiger partial charge in [-0.1, -0.05) is 53.9 Å². The molecule has 4 aliphatic carbocycles. The topological polar surface area (TPSA) is 40.5 Å². The second-order valence-corrected chi connectivity index (χ2v) is 11.3. The zero-order valence-electron chi connectivity index (χ0n) is 17.6. The molecule has 2 heteroatoms. The van der Waals surface area contributed by atoms with Crippen molar-refractivity contribution in [2.75, 3.05) is 0 Å². The molecule has 0 spiro atoms. The summed E-state index contributed by atoms with van der Waals surface area (Å²) in [6.45, 7) is 13.5. The summed E-state index contributed by atoms with van der Waals surface area (Å²) in [5, 5.41) is 21.0. The third kappa shape index (κ3) is 2.64. The Morgan fingerprint density at radius 2 is 1.36 bits per heavy atom. The molecule has 4 fully saturated rings. The van der Waals surface area contributed by atoms with Crippen molar-refractivity contribution < 1.29 is 10.2 Å². The van der Waals surface area contributed by atoms with Crippen molar-refractivity contribution in [3.8, 4) is 0 Å². The molecule has 0 radical (unpaired) electrons. The molecule has 4 aliphatic rings. The SMILES string of the molecule is CC1(O)CC2CCC1(C)C2(C)C.C[C@H]1CCC[C@@]2(C)CCCC[C@]12O. The van der Waals surface area contributed by atoms with Crippen molar-refractivity contribution in [3.05, 3.63) is 0 Å². The fraction of sp³-hybridized carbons (Fsp3) is 1.00. The number of hydrogen-bond acceptors (Lipinski definition) is 2. The minimum Gasteiger partial charge on any atom is -0.390 e. The highest BCUT2D eigenvalue weighted by Crippen LogP contribution is 2.69. The van der Waals surface area contributed by atoms with Crippen molar-refractivity contribution >= 4 is 0 Å². The highest BCUT2D eigenvalue weighted by Gasteiger charge is 2.66. The van der Waals surface area contributed by atoms with E-state index in [0.29, 0.717) is 11.3 Å². The standard InChI is InChI=1S/C12H22O.C11H20O/c1-10-6-5-8-11(2)7-3-4-9-12(10,11)13;1-9(2)8-5-6-10(9,3)11(4,12)7-8/h10,13H,3-9H2,1-2H3;8,12H,5-7H2,1-4H3/t10-,11+,12-;/m0./s1. The summed E-state index contributed by atoms with van der Waals surface area (Å²) in [4.78, 5) is 0. The molecule has 0 aromatic rings.